The summed E-state index contributed by atoms with van der Waals surface area (Å²) in [6, 6.07) is 8.10. The number of aryl methyl sites for hydroxylation is 1. The number of hydrogen-bond acceptors (Lipinski definition) is 3. The highest BCUT2D eigenvalue weighted by atomic mass is 19.4. The van der Waals surface area contributed by atoms with Crippen LogP contribution >= 0.6 is 0 Å². The summed E-state index contributed by atoms with van der Waals surface area (Å²) in [5.74, 6) is -0.167. The van der Waals surface area contributed by atoms with Crippen molar-refractivity contribution in [1.82, 2.24) is 4.90 Å². The highest BCUT2D eigenvalue weighted by molar-refractivity contribution is 5.98. The van der Waals surface area contributed by atoms with Crippen molar-refractivity contribution in [2.45, 2.75) is 83.8 Å². The summed E-state index contributed by atoms with van der Waals surface area (Å²) in [5.41, 5.74) is -0.679. The Bertz CT molecular complexity index is 1280. The maximum Gasteiger partial charge on any atom is 0.416 e. The Balaban J connectivity index is 1.64. The van der Waals surface area contributed by atoms with E-state index in [2.05, 4.69) is 5.16 Å². The molecule has 2 fully saturated rings. The minimum absolute atomic E-state index is 0.0610. The molecule has 0 N–H and O–H groups in total. The van der Waals surface area contributed by atoms with Crippen molar-refractivity contribution < 1.29 is 29.0 Å². The van der Waals surface area contributed by atoms with Crippen molar-refractivity contribution in [1.29, 1.82) is 0 Å². The third-order valence-electron chi connectivity index (χ3n) is 6.72. The lowest BCUT2D eigenvalue weighted by atomic mass is 9.81. The molecular weight excluding hydrogens is 437 g/mol. The molecule has 1 heterocycles. The van der Waals surface area contributed by atoms with Crippen LogP contribution in [0.2, 0.25) is 0 Å². The zero-order chi connectivity index (χ0) is 30.9. The molecule has 0 radical (unpaired) electrons. The van der Waals surface area contributed by atoms with E-state index in [1.165, 1.54) is 30.3 Å². The number of nitrogens with zero attached hydrogens (tertiary/aromatic N) is 2. The summed E-state index contributed by atoms with van der Waals surface area (Å²) in [5, 5.41) is 3.77. The summed E-state index contributed by atoms with van der Waals surface area (Å²) in [4.78, 5) is 7.30. The van der Waals surface area contributed by atoms with Crippen LogP contribution < -0.4 is 0 Å². The molecule has 1 aliphatic carbocycles. The van der Waals surface area contributed by atoms with Gasteiger partial charge in [0.25, 0.3) is 0 Å². The van der Waals surface area contributed by atoms with E-state index < -0.39 is 44.1 Å². The van der Waals surface area contributed by atoms with Gasteiger partial charge >= 0.3 is 6.18 Å². The number of oxime groups is 1. The molecule has 0 atom stereocenters. The van der Waals surface area contributed by atoms with Crippen LogP contribution in [0.1, 0.15) is 102 Å². The number of alkyl halides is 3. The van der Waals surface area contributed by atoms with Crippen molar-refractivity contribution >= 4 is 5.71 Å². The zero-order valence-electron chi connectivity index (χ0n) is 27.0. The van der Waals surface area contributed by atoms with Gasteiger partial charge < -0.3 is 4.84 Å². The van der Waals surface area contributed by atoms with Crippen LogP contribution in [-0.4, -0.2) is 23.7 Å². The molecule has 34 heavy (non-hydrogen) atoms. The molecule has 184 valence electrons. The first kappa shape index (κ1) is 16.4. The molecule has 6 heteroatoms. The second-order valence-electron chi connectivity index (χ2n) is 9.09. The fourth-order valence-corrected chi connectivity index (χ4v) is 4.69. The van der Waals surface area contributed by atoms with Crippen LogP contribution in [0.25, 0.3) is 0 Å². The maximum atomic E-state index is 14.0. The normalized spacial score (nSPS) is 22.7. The van der Waals surface area contributed by atoms with Gasteiger partial charge in [0.15, 0.2) is 0 Å². The molecule has 0 spiro atoms. The number of likely N-dealkylation sites (tertiary alicyclic amines) is 1. The lowest BCUT2D eigenvalue weighted by molar-refractivity contribution is -0.138. The van der Waals surface area contributed by atoms with Crippen LogP contribution in [0.15, 0.2) is 41.6 Å². The molecule has 0 aromatic heterocycles. The standard InChI is InChI=1S/C28H35F3N2O/c1-3-22-17-24(11-12-25(22)18-33-14-7-15-33)20(2)32-34-19-21-10-13-26(23-8-5-4-6-9-23)27(16-21)28(29,30)31/h10-13,16-17,23H,3-9,14-15,18-19H2,1-2H3/b32-20+/i1D3,2D3,3D2. The predicted molar refractivity (Wildman–Crippen MR) is 130 cm³/mol. The molecule has 2 aromatic rings. The summed E-state index contributed by atoms with van der Waals surface area (Å²) >= 11 is 0. The molecule has 1 saturated carbocycles. The third-order valence-corrected chi connectivity index (χ3v) is 6.72. The van der Waals surface area contributed by atoms with Crippen LogP contribution in [0.5, 0.6) is 0 Å². The lowest BCUT2D eigenvalue weighted by Gasteiger charge is -2.31. The molecule has 0 amide bonds. The summed E-state index contributed by atoms with van der Waals surface area (Å²) in [6.45, 7) is -4.42. The van der Waals surface area contributed by atoms with Gasteiger partial charge in [0.2, 0.25) is 0 Å². The Morgan fingerprint density at radius 3 is 2.59 bits per heavy atom. The van der Waals surface area contributed by atoms with E-state index in [1.807, 2.05) is 4.90 Å². The average molecular weight is 481 g/mol. The lowest BCUT2D eigenvalue weighted by Crippen LogP contribution is -2.36. The van der Waals surface area contributed by atoms with E-state index in [9.17, 15) is 13.2 Å². The predicted octanol–water partition coefficient (Wildman–Crippen LogP) is 7.46. The Morgan fingerprint density at radius 1 is 1.09 bits per heavy atom. The molecule has 1 aliphatic heterocycles. The minimum atomic E-state index is -4.56. The molecular formula is C28H35F3N2O. The monoisotopic (exact) mass is 480 g/mol. The topological polar surface area (TPSA) is 24.8 Å². The van der Waals surface area contributed by atoms with Gasteiger partial charge in [-0.05, 0) is 91.4 Å². The summed E-state index contributed by atoms with van der Waals surface area (Å²) in [7, 11) is 0. The van der Waals surface area contributed by atoms with Gasteiger partial charge in [-0.3, -0.25) is 4.90 Å². The molecule has 2 aromatic carbocycles. The number of benzene rings is 2. The molecule has 4 rings (SSSR count). The van der Waals surface area contributed by atoms with Crippen LogP contribution in [-0.2, 0) is 30.5 Å². The van der Waals surface area contributed by atoms with Crippen molar-refractivity contribution in [3.05, 3.63) is 69.8 Å². The largest absolute Gasteiger partial charge is 0.416 e. The van der Waals surface area contributed by atoms with Gasteiger partial charge in [-0.1, -0.05) is 55.5 Å². The molecule has 0 bridgehead atoms. The van der Waals surface area contributed by atoms with E-state index in [0.717, 1.165) is 44.8 Å². The number of hydrogen-bond donors (Lipinski definition) is 0. The van der Waals surface area contributed by atoms with Crippen molar-refractivity contribution in [3.8, 4) is 0 Å². The SMILES string of the molecule is [2H]C([2H])([2H])/C(=N\OCc1ccc(C2CCCCC2)c(C(F)(F)F)c1)c1ccc(CN2CCC2)c(C([2H])([2H])C([2H])([2H])[2H])c1. The van der Waals surface area contributed by atoms with Crippen LogP contribution in [0, 0.1) is 0 Å². The fraction of sp³-hybridized carbons (Fsp3) is 0.536. The molecule has 3 nitrogen and oxygen atoms in total. The van der Waals surface area contributed by atoms with Gasteiger partial charge in [-0.25, -0.2) is 0 Å². The second-order valence-corrected chi connectivity index (χ2v) is 9.09. The Hall–Kier alpha value is -2.34. The van der Waals surface area contributed by atoms with Crippen molar-refractivity contribution in [2.75, 3.05) is 13.1 Å². The smallest absolute Gasteiger partial charge is 0.391 e. The van der Waals surface area contributed by atoms with E-state index in [1.54, 1.807) is 0 Å². The quantitative estimate of drug-likeness (QED) is 0.289. The first-order chi connectivity index (χ1) is 19.5. The highest BCUT2D eigenvalue weighted by Gasteiger charge is 2.35. The van der Waals surface area contributed by atoms with Gasteiger partial charge in [-0.2, -0.15) is 13.2 Å². The van der Waals surface area contributed by atoms with E-state index in [-0.39, 0.29) is 28.2 Å². The molecule has 1 saturated heterocycles. The zero-order valence-corrected chi connectivity index (χ0v) is 19.0. The Morgan fingerprint density at radius 2 is 1.91 bits per heavy atom. The summed E-state index contributed by atoms with van der Waals surface area (Å²) in [6.07, 6.45) is -2.20. The highest BCUT2D eigenvalue weighted by Crippen LogP contribution is 2.41. The van der Waals surface area contributed by atoms with Crippen LogP contribution in [0.4, 0.5) is 13.2 Å². The van der Waals surface area contributed by atoms with Crippen LogP contribution in [0.3, 0.4) is 0 Å². The molecule has 2 aliphatic rings. The maximum absolute atomic E-state index is 14.0. The van der Waals surface area contributed by atoms with Gasteiger partial charge in [0, 0.05) is 17.5 Å². The van der Waals surface area contributed by atoms with Gasteiger partial charge in [-0.15, -0.1) is 0 Å². The van der Waals surface area contributed by atoms with E-state index in [0.29, 0.717) is 24.9 Å². The van der Waals surface area contributed by atoms with E-state index >= 15 is 0 Å². The molecule has 0 unspecified atom stereocenters. The van der Waals surface area contributed by atoms with Crippen molar-refractivity contribution in [2.24, 2.45) is 5.16 Å². The number of rotatable bonds is 8. The second kappa shape index (κ2) is 10.9. The average Bonchev–Trinajstić information content (AvgIpc) is 2.87. The Labute approximate surface area is 212 Å². The fourth-order valence-electron chi connectivity index (χ4n) is 4.69. The van der Waals surface area contributed by atoms with Crippen molar-refractivity contribution in [3.63, 3.8) is 0 Å². The first-order valence-corrected chi connectivity index (χ1v) is 11.7. The minimum Gasteiger partial charge on any atom is -0.391 e. The van der Waals surface area contributed by atoms with Gasteiger partial charge in [0.05, 0.1) is 11.3 Å². The first-order valence-electron chi connectivity index (χ1n) is 15.7. The third kappa shape index (κ3) is 6.01. The Kier molecular flexibility index (Phi) is 5.26. The van der Waals surface area contributed by atoms with Gasteiger partial charge in [0.1, 0.15) is 6.61 Å². The van der Waals surface area contributed by atoms with E-state index in [4.69, 9.17) is 15.8 Å². The summed E-state index contributed by atoms with van der Waals surface area (Å²) < 4.78 is 106. The number of halogens is 3.